The molecule has 0 amide bonds. The number of nitrogens with zero attached hydrogens (tertiary/aromatic N) is 4. The van der Waals surface area contributed by atoms with E-state index in [0.29, 0.717) is 5.56 Å². The van der Waals surface area contributed by atoms with Crippen LogP contribution in [-0.2, 0) is 4.74 Å². The van der Waals surface area contributed by atoms with Gasteiger partial charge in [0.1, 0.15) is 6.10 Å². The van der Waals surface area contributed by atoms with Gasteiger partial charge in [0.25, 0.3) is 0 Å². The fraction of sp³-hybridized carbons (Fsp3) is 0.125. The number of aromatic nitrogens is 4. The van der Waals surface area contributed by atoms with E-state index in [1.165, 1.54) is 0 Å². The van der Waals surface area contributed by atoms with Gasteiger partial charge < -0.3 is 4.74 Å². The van der Waals surface area contributed by atoms with Gasteiger partial charge in [-0.1, -0.05) is 11.3 Å². The quantitative estimate of drug-likeness (QED) is 0.692. The van der Waals surface area contributed by atoms with Crippen LogP contribution in [-0.4, -0.2) is 25.9 Å². The summed E-state index contributed by atoms with van der Waals surface area (Å²) in [4.78, 5) is 16.3. The molecule has 1 aromatic carbocycles. The van der Waals surface area contributed by atoms with Crippen LogP contribution in [0.25, 0.3) is 5.69 Å². The van der Waals surface area contributed by atoms with Crippen molar-refractivity contribution in [2.24, 2.45) is 0 Å². The van der Waals surface area contributed by atoms with Gasteiger partial charge in [0.2, 0.25) is 0 Å². The molecule has 22 heavy (non-hydrogen) atoms. The predicted molar refractivity (Wildman–Crippen MR) is 79.4 cm³/mol. The van der Waals surface area contributed by atoms with Crippen molar-refractivity contribution in [3.05, 3.63) is 72.3 Å². The zero-order valence-corrected chi connectivity index (χ0v) is 12.0. The minimum Gasteiger partial charge on any atom is -0.453 e. The molecule has 0 saturated carbocycles. The molecule has 0 bridgehead atoms. The Morgan fingerprint density at radius 1 is 1.14 bits per heavy atom. The number of benzene rings is 1. The lowest BCUT2D eigenvalue weighted by Gasteiger charge is -2.12. The second-order valence-corrected chi connectivity index (χ2v) is 4.70. The number of carbonyl (C=O) groups is 1. The molecular weight excluding hydrogens is 280 g/mol. The highest BCUT2D eigenvalue weighted by Crippen LogP contribution is 2.17. The number of hydrogen-bond acceptors (Lipinski definition) is 5. The number of ether oxygens (including phenoxy) is 1. The lowest BCUT2D eigenvalue weighted by molar-refractivity contribution is 0.0329. The molecule has 0 radical (unpaired) electrons. The van der Waals surface area contributed by atoms with Crippen molar-refractivity contribution in [3.8, 4) is 5.69 Å². The van der Waals surface area contributed by atoms with Crippen molar-refractivity contribution >= 4 is 5.97 Å². The van der Waals surface area contributed by atoms with E-state index in [9.17, 15) is 4.79 Å². The Bertz CT molecular complexity index is 740. The van der Waals surface area contributed by atoms with Gasteiger partial charge in [-0.25, -0.2) is 9.48 Å². The third kappa shape index (κ3) is 3.01. The highest BCUT2D eigenvalue weighted by Gasteiger charge is 2.14. The summed E-state index contributed by atoms with van der Waals surface area (Å²) in [5.74, 6) is -0.386. The smallest absolute Gasteiger partial charge is 0.338 e. The summed E-state index contributed by atoms with van der Waals surface area (Å²) in [7, 11) is 0. The first-order valence-electron chi connectivity index (χ1n) is 6.83. The van der Waals surface area contributed by atoms with Crippen LogP contribution in [0.15, 0.2) is 61.1 Å². The van der Waals surface area contributed by atoms with Crippen molar-refractivity contribution in [1.29, 1.82) is 0 Å². The fourth-order valence-electron chi connectivity index (χ4n) is 2.00. The van der Waals surface area contributed by atoms with Crippen LogP contribution in [0.1, 0.15) is 29.1 Å². The normalized spacial score (nSPS) is 11.9. The van der Waals surface area contributed by atoms with Crippen LogP contribution < -0.4 is 0 Å². The zero-order valence-electron chi connectivity index (χ0n) is 12.0. The second-order valence-electron chi connectivity index (χ2n) is 4.70. The van der Waals surface area contributed by atoms with Crippen molar-refractivity contribution < 1.29 is 9.53 Å². The topological polar surface area (TPSA) is 69.9 Å². The van der Waals surface area contributed by atoms with Crippen molar-refractivity contribution in [3.63, 3.8) is 0 Å². The van der Waals surface area contributed by atoms with Crippen LogP contribution in [0.3, 0.4) is 0 Å². The largest absolute Gasteiger partial charge is 0.453 e. The first-order chi connectivity index (χ1) is 10.7. The number of esters is 1. The molecule has 6 heteroatoms. The highest BCUT2D eigenvalue weighted by atomic mass is 16.5. The SMILES string of the molecule is C[C@H](OC(=O)c1ccc(-n2ccnn2)cc1)c1ccccn1. The summed E-state index contributed by atoms with van der Waals surface area (Å²) >= 11 is 0. The molecule has 0 aliphatic carbocycles. The van der Waals surface area contributed by atoms with E-state index in [4.69, 9.17) is 4.74 Å². The third-order valence-corrected chi connectivity index (χ3v) is 3.18. The average molecular weight is 294 g/mol. The molecular formula is C16H14N4O2. The molecule has 2 heterocycles. The summed E-state index contributed by atoms with van der Waals surface area (Å²) in [6.45, 7) is 1.80. The Morgan fingerprint density at radius 3 is 2.59 bits per heavy atom. The molecule has 0 fully saturated rings. The summed E-state index contributed by atoms with van der Waals surface area (Å²) < 4.78 is 7.03. The Morgan fingerprint density at radius 2 is 1.95 bits per heavy atom. The molecule has 0 unspecified atom stereocenters. The molecule has 3 aromatic rings. The van der Waals surface area contributed by atoms with Gasteiger partial charge in [-0.05, 0) is 43.3 Å². The van der Waals surface area contributed by atoms with Crippen LogP contribution >= 0.6 is 0 Å². The summed E-state index contributed by atoms with van der Waals surface area (Å²) in [6, 6.07) is 12.5. The van der Waals surface area contributed by atoms with Gasteiger partial charge in [0, 0.05) is 6.20 Å². The molecule has 110 valence electrons. The van der Waals surface area contributed by atoms with Crippen LogP contribution in [0.5, 0.6) is 0 Å². The van der Waals surface area contributed by atoms with Gasteiger partial charge in [-0.2, -0.15) is 0 Å². The monoisotopic (exact) mass is 294 g/mol. The Kier molecular flexibility index (Phi) is 3.91. The van der Waals surface area contributed by atoms with E-state index in [1.807, 2.05) is 18.2 Å². The van der Waals surface area contributed by atoms with E-state index >= 15 is 0 Å². The van der Waals surface area contributed by atoms with Gasteiger partial charge in [-0.3, -0.25) is 4.98 Å². The van der Waals surface area contributed by atoms with Crippen LogP contribution in [0, 0.1) is 0 Å². The minimum atomic E-state index is -0.399. The molecule has 0 aliphatic heterocycles. The molecule has 1 atom stereocenters. The molecule has 0 saturated heterocycles. The van der Waals surface area contributed by atoms with Crippen LogP contribution in [0.4, 0.5) is 0 Å². The van der Waals surface area contributed by atoms with Gasteiger partial charge in [0.15, 0.2) is 0 Å². The molecule has 6 nitrogen and oxygen atoms in total. The maximum atomic E-state index is 12.1. The van der Waals surface area contributed by atoms with Gasteiger partial charge in [0.05, 0.1) is 29.3 Å². The first-order valence-corrected chi connectivity index (χ1v) is 6.83. The number of hydrogen-bond donors (Lipinski definition) is 0. The van der Waals surface area contributed by atoms with E-state index in [-0.39, 0.29) is 5.97 Å². The minimum absolute atomic E-state index is 0.386. The van der Waals surface area contributed by atoms with E-state index in [2.05, 4.69) is 15.3 Å². The van der Waals surface area contributed by atoms with Gasteiger partial charge in [-0.15, -0.1) is 5.10 Å². The lowest BCUT2D eigenvalue weighted by Crippen LogP contribution is -2.10. The van der Waals surface area contributed by atoms with Crippen molar-refractivity contribution in [2.45, 2.75) is 13.0 Å². The maximum Gasteiger partial charge on any atom is 0.338 e. The Labute approximate surface area is 127 Å². The zero-order chi connectivity index (χ0) is 15.4. The predicted octanol–water partition coefficient (Wildman–Crippen LogP) is 2.58. The van der Waals surface area contributed by atoms with E-state index in [1.54, 1.807) is 54.5 Å². The first kappa shape index (κ1) is 13.9. The Hall–Kier alpha value is -3.02. The Balaban J connectivity index is 1.70. The third-order valence-electron chi connectivity index (χ3n) is 3.18. The maximum absolute atomic E-state index is 12.1. The summed E-state index contributed by atoms with van der Waals surface area (Å²) in [5, 5.41) is 7.63. The molecule has 3 rings (SSSR count). The fourth-order valence-corrected chi connectivity index (χ4v) is 2.00. The van der Waals surface area contributed by atoms with E-state index in [0.717, 1.165) is 11.4 Å². The summed E-state index contributed by atoms with van der Waals surface area (Å²) in [5.41, 5.74) is 2.02. The molecule has 0 N–H and O–H groups in total. The van der Waals surface area contributed by atoms with E-state index < -0.39 is 6.10 Å². The van der Waals surface area contributed by atoms with Crippen molar-refractivity contribution in [2.75, 3.05) is 0 Å². The number of rotatable bonds is 4. The molecule has 0 spiro atoms. The number of pyridine rings is 1. The number of carbonyl (C=O) groups excluding carboxylic acids is 1. The molecule has 2 aromatic heterocycles. The summed E-state index contributed by atoms with van der Waals surface area (Å²) in [6.07, 6.45) is 4.60. The van der Waals surface area contributed by atoms with Crippen LogP contribution in [0.2, 0.25) is 0 Å². The second kappa shape index (κ2) is 6.17. The standard InChI is InChI=1S/C16H14N4O2/c1-12(15-4-2-3-9-17-15)22-16(21)13-5-7-14(8-6-13)20-11-10-18-19-20/h2-12H,1H3/t12-/m0/s1. The van der Waals surface area contributed by atoms with Crippen molar-refractivity contribution in [1.82, 2.24) is 20.0 Å². The lowest BCUT2D eigenvalue weighted by atomic mass is 10.2. The average Bonchev–Trinajstić information content (AvgIpc) is 3.10. The molecule has 0 aliphatic rings. The highest BCUT2D eigenvalue weighted by molar-refractivity contribution is 5.89. The van der Waals surface area contributed by atoms with Gasteiger partial charge >= 0.3 is 5.97 Å².